The minimum absolute atomic E-state index is 0. The minimum atomic E-state index is -1.56. The van der Waals surface area contributed by atoms with Crippen LogP contribution in [0.3, 0.4) is 0 Å². The van der Waals surface area contributed by atoms with Crippen LogP contribution in [0, 0.1) is 0 Å². The molecule has 12 nitrogen and oxygen atoms in total. The molecule has 3 N–H and O–H groups in total. The Morgan fingerprint density at radius 2 is 2.09 bits per heavy atom. The number of nitrogens with two attached hydrogens (primary N) is 1. The minimum Gasteiger partial charge on any atom is -0.546 e. The number of anilines is 1. The van der Waals surface area contributed by atoms with E-state index >= 15 is 0 Å². The van der Waals surface area contributed by atoms with Crippen molar-refractivity contribution in [3.8, 4) is 0 Å². The Bertz CT molecular complexity index is 1010. The van der Waals surface area contributed by atoms with E-state index in [1.807, 2.05) is 0 Å². The summed E-state index contributed by atoms with van der Waals surface area (Å²) in [6, 6.07) is -1.05. The van der Waals surface area contributed by atoms with Crippen LogP contribution in [0.1, 0.15) is 5.69 Å². The molecule has 2 aliphatic rings. The summed E-state index contributed by atoms with van der Waals surface area (Å²) in [5.41, 5.74) is 5.20. The molecule has 32 heavy (non-hydrogen) atoms. The standard InChI is InChI=1S/C16H15N5O7S2.2Na/c1-2-6-4-29-14-10(13(25)21(14)11(6)15(26)27)19-12(24)9(20-28-3-8(22)23)7-5-30-16(17)18-7;;/h2,5,10,14H,1,3-4H2,(H2,17,18)(H,19,24)(H,22,23)(H,26,27);;/q;2*+1/p-2/b20-9-;;/t10-,14-;;/m1../s1. The van der Waals surface area contributed by atoms with Crippen molar-refractivity contribution >= 4 is 57.7 Å². The maximum atomic E-state index is 12.7. The normalized spacial score (nSPS) is 19.6. The number of carbonyl (C=O) groups excluding carboxylic acids is 4. The van der Waals surface area contributed by atoms with Crippen LogP contribution in [0.15, 0.2) is 34.5 Å². The number of allylic oxidation sites excluding steroid dienone is 1. The Morgan fingerprint density at radius 1 is 1.41 bits per heavy atom. The van der Waals surface area contributed by atoms with Crippen LogP contribution in [0.25, 0.3) is 0 Å². The van der Waals surface area contributed by atoms with Gasteiger partial charge in [0.05, 0.1) is 17.6 Å². The molecule has 1 fully saturated rings. The van der Waals surface area contributed by atoms with E-state index in [9.17, 15) is 29.4 Å². The summed E-state index contributed by atoms with van der Waals surface area (Å²) >= 11 is 2.24. The number of thioether (sulfide) groups is 1. The third-order valence-electron chi connectivity index (χ3n) is 4.04. The van der Waals surface area contributed by atoms with Crippen LogP contribution in [-0.4, -0.2) is 63.1 Å². The average Bonchev–Trinajstić information content (AvgIpc) is 3.13. The zero-order valence-corrected chi connectivity index (χ0v) is 22.7. The summed E-state index contributed by atoms with van der Waals surface area (Å²) < 4.78 is 0. The van der Waals surface area contributed by atoms with Gasteiger partial charge in [-0.3, -0.25) is 14.5 Å². The van der Waals surface area contributed by atoms with Gasteiger partial charge in [-0.15, -0.1) is 23.1 Å². The Hall–Kier alpha value is -1.39. The fraction of sp³-hybridized carbons (Fsp3) is 0.250. The predicted octanol–water partition coefficient (Wildman–Crippen LogP) is -9.21. The Balaban J connectivity index is 0.00000256. The van der Waals surface area contributed by atoms with E-state index in [4.69, 9.17) is 5.73 Å². The molecule has 1 aromatic heterocycles. The SMILES string of the molecule is C=CC1=C(C(=O)[O-])N2C(=O)[C@@H](NC(=O)/C(=N\OCC(=O)[O-])c3csc(N)n3)[C@H]2SC1.[Na+].[Na+]. The number of oxime groups is 1. The second-order valence-electron chi connectivity index (χ2n) is 5.88. The van der Waals surface area contributed by atoms with E-state index in [1.165, 1.54) is 23.2 Å². The molecule has 1 saturated heterocycles. The number of rotatable bonds is 8. The first kappa shape index (κ1) is 28.6. The van der Waals surface area contributed by atoms with Crippen LogP contribution >= 0.6 is 23.1 Å². The fourth-order valence-electron chi connectivity index (χ4n) is 2.75. The molecule has 3 rings (SSSR count). The summed E-state index contributed by atoms with van der Waals surface area (Å²) in [7, 11) is 0. The number of aliphatic carboxylic acids is 2. The van der Waals surface area contributed by atoms with Crippen molar-refractivity contribution in [1.29, 1.82) is 0 Å². The van der Waals surface area contributed by atoms with E-state index in [-0.39, 0.29) is 81.4 Å². The number of fused-ring (bicyclic) bond motifs is 1. The van der Waals surface area contributed by atoms with Gasteiger partial charge in [-0.05, 0) is 5.57 Å². The van der Waals surface area contributed by atoms with Gasteiger partial charge in [-0.1, -0.05) is 17.8 Å². The summed E-state index contributed by atoms with van der Waals surface area (Å²) in [5.74, 6) is -4.37. The summed E-state index contributed by atoms with van der Waals surface area (Å²) in [6.07, 6.45) is 1.33. The molecule has 2 atom stereocenters. The zero-order valence-electron chi connectivity index (χ0n) is 17.0. The van der Waals surface area contributed by atoms with E-state index < -0.39 is 47.5 Å². The number of carbonyl (C=O) groups is 4. The van der Waals surface area contributed by atoms with Crippen LogP contribution in [0.5, 0.6) is 0 Å². The molecule has 2 amide bonds. The van der Waals surface area contributed by atoms with Crippen molar-refractivity contribution < 1.29 is 93.3 Å². The van der Waals surface area contributed by atoms with Crippen LogP contribution in [0.2, 0.25) is 0 Å². The molecule has 3 heterocycles. The van der Waals surface area contributed by atoms with E-state index in [2.05, 4.69) is 26.9 Å². The molecule has 0 aromatic carbocycles. The largest absolute Gasteiger partial charge is 1.00 e. The second kappa shape index (κ2) is 12.2. The molecule has 1 aromatic rings. The Labute approximate surface area is 233 Å². The topological polar surface area (TPSA) is 190 Å². The van der Waals surface area contributed by atoms with E-state index in [0.717, 1.165) is 16.2 Å². The van der Waals surface area contributed by atoms with Crippen molar-refractivity contribution in [2.24, 2.45) is 5.16 Å². The first-order valence-corrected chi connectivity index (χ1v) is 10.1. The maximum absolute atomic E-state index is 12.7. The molecule has 158 valence electrons. The van der Waals surface area contributed by atoms with E-state index in [0.29, 0.717) is 5.57 Å². The van der Waals surface area contributed by atoms with Crippen molar-refractivity contribution in [3.05, 3.63) is 35.0 Å². The average molecular weight is 497 g/mol. The van der Waals surface area contributed by atoms with Gasteiger partial charge in [-0.25, -0.2) is 4.98 Å². The van der Waals surface area contributed by atoms with Gasteiger partial charge in [0.2, 0.25) is 0 Å². The van der Waals surface area contributed by atoms with Crippen molar-refractivity contribution in [2.45, 2.75) is 11.4 Å². The fourth-order valence-corrected chi connectivity index (χ4v) is 4.64. The van der Waals surface area contributed by atoms with Crippen molar-refractivity contribution in [2.75, 3.05) is 18.1 Å². The molecular weight excluding hydrogens is 484 g/mol. The number of amides is 2. The predicted molar refractivity (Wildman–Crippen MR) is 101 cm³/mol. The third-order valence-corrected chi connectivity index (χ3v) is 6.02. The van der Waals surface area contributed by atoms with Gasteiger partial charge in [0.15, 0.2) is 17.5 Å². The molecule has 16 heteroatoms. The summed E-state index contributed by atoms with van der Waals surface area (Å²) in [6.45, 7) is 2.62. The smallest absolute Gasteiger partial charge is 0.546 e. The van der Waals surface area contributed by atoms with Crippen molar-refractivity contribution in [3.63, 3.8) is 0 Å². The number of thiazole rings is 1. The number of carboxylic acids is 2. The number of nitrogens with zero attached hydrogens (tertiary/aromatic N) is 3. The van der Waals surface area contributed by atoms with Crippen LogP contribution in [-0.2, 0) is 24.0 Å². The number of aromatic nitrogens is 1. The zero-order chi connectivity index (χ0) is 22.0. The number of hydrogen-bond donors (Lipinski definition) is 2. The monoisotopic (exact) mass is 497 g/mol. The molecule has 0 saturated carbocycles. The number of nitrogen functional groups attached to an aromatic ring is 1. The van der Waals surface area contributed by atoms with Crippen molar-refractivity contribution in [1.82, 2.24) is 15.2 Å². The van der Waals surface area contributed by atoms with Gasteiger partial charge in [0, 0.05) is 11.1 Å². The van der Waals surface area contributed by atoms with Gasteiger partial charge in [0.25, 0.3) is 11.8 Å². The molecule has 2 aliphatic heterocycles. The quantitative estimate of drug-likeness (QED) is 0.151. The summed E-state index contributed by atoms with van der Waals surface area (Å²) in [5, 5.41) is 28.7. The Kier molecular flexibility index (Phi) is 10.9. The number of hydrogen-bond acceptors (Lipinski definition) is 12. The van der Waals surface area contributed by atoms with Gasteiger partial charge >= 0.3 is 59.1 Å². The second-order valence-corrected chi connectivity index (χ2v) is 7.88. The van der Waals surface area contributed by atoms with Crippen LogP contribution < -0.4 is 80.4 Å². The summed E-state index contributed by atoms with van der Waals surface area (Å²) in [4.78, 5) is 56.6. The van der Waals surface area contributed by atoms with Gasteiger partial charge < -0.3 is 35.7 Å². The molecule has 0 spiro atoms. The van der Waals surface area contributed by atoms with Crippen LogP contribution in [0.4, 0.5) is 5.13 Å². The van der Waals surface area contributed by atoms with Gasteiger partial charge in [-0.2, -0.15) is 0 Å². The first-order valence-electron chi connectivity index (χ1n) is 8.18. The number of nitrogens with one attached hydrogen (secondary N) is 1. The van der Waals surface area contributed by atoms with E-state index in [1.54, 1.807) is 0 Å². The molecule has 0 bridgehead atoms. The molecule has 0 unspecified atom stereocenters. The number of carboxylic acid groups (broad SMARTS) is 2. The van der Waals surface area contributed by atoms with Gasteiger partial charge in [0.1, 0.15) is 17.1 Å². The molecule has 0 aliphatic carbocycles. The molecule has 0 radical (unpaired) electrons. The third kappa shape index (κ3) is 5.94. The molecular formula is C16H13N5Na2O7S2. The number of β-lactam (4-membered cyclic amide) rings is 1. The maximum Gasteiger partial charge on any atom is 1.00 e. The Morgan fingerprint density at radius 3 is 2.62 bits per heavy atom. The first-order chi connectivity index (χ1) is 14.2.